The molecule has 0 bridgehead atoms. The third kappa shape index (κ3) is 7.36. The Hall–Kier alpha value is -0.200. The molecule has 144 valence electrons. The Morgan fingerprint density at radius 1 is 1.00 bits per heavy atom. The second-order valence-electron chi connectivity index (χ2n) is 7.35. The number of hydrogen-bond donors (Lipinski definition) is 3. The van der Waals surface area contributed by atoms with E-state index in [1.807, 2.05) is 7.05 Å². The first-order chi connectivity index (χ1) is 11.5. The van der Waals surface area contributed by atoms with Crippen LogP contribution in [0, 0.1) is 0 Å². The van der Waals surface area contributed by atoms with E-state index in [0.29, 0.717) is 6.42 Å². The van der Waals surface area contributed by atoms with Gasteiger partial charge in [-0.3, -0.25) is 4.90 Å². The quantitative estimate of drug-likeness (QED) is 0.447. The highest BCUT2D eigenvalue weighted by atomic mass is 16.5. The molecule has 24 heavy (non-hydrogen) atoms. The van der Waals surface area contributed by atoms with Crippen molar-refractivity contribution in [1.82, 2.24) is 4.90 Å². The Kier molecular flexibility index (Phi) is 11.1. The number of unbranched alkanes of at least 4 members (excludes halogenated alkanes) is 5. The zero-order valence-electron chi connectivity index (χ0n) is 15.9. The fourth-order valence-electron chi connectivity index (χ4n) is 3.58. The second kappa shape index (κ2) is 12.2. The molecule has 0 spiro atoms. The molecule has 0 heterocycles. The molecular formula is C19H39NO4. The van der Waals surface area contributed by atoms with E-state index in [1.54, 1.807) is 0 Å². The number of nitrogens with zero attached hydrogens (tertiary/aromatic N) is 1. The Balaban J connectivity index is 2.43. The largest absolute Gasteiger partial charge is 0.391 e. The molecule has 0 aromatic rings. The van der Waals surface area contributed by atoms with Crippen LogP contribution < -0.4 is 0 Å². The zero-order valence-corrected chi connectivity index (χ0v) is 15.9. The minimum Gasteiger partial charge on any atom is -0.391 e. The van der Waals surface area contributed by atoms with Crippen LogP contribution in [0.4, 0.5) is 0 Å². The zero-order chi connectivity index (χ0) is 17.9. The normalized spacial score (nSPS) is 28.6. The van der Waals surface area contributed by atoms with Crippen molar-refractivity contribution in [2.75, 3.05) is 20.2 Å². The molecule has 0 saturated heterocycles. The summed E-state index contributed by atoms with van der Waals surface area (Å²) in [5.74, 6) is 0. The molecule has 5 atom stereocenters. The lowest BCUT2D eigenvalue weighted by atomic mass is 10.1. The van der Waals surface area contributed by atoms with Crippen LogP contribution in [0.1, 0.15) is 71.6 Å². The molecular weight excluding hydrogens is 306 g/mol. The lowest BCUT2D eigenvalue weighted by molar-refractivity contribution is -0.0834. The van der Waals surface area contributed by atoms with Crippen molar-refractivity contribution >= 4 is 0 Å². The van der Waals surface area contributed by atoms with E-state index in [-0.39, 0.29) is 12.6 Å². The van der Waals surface area contributed by atoms with Crippen LogP contribution >= 0.6 is 0 Å². The van der Waals surface area contributed by atoms with Crippen molar-refractivity contribution in [2.45, 2.75) is 102 Å². The number of rotatable bonds is 13. The topological polar surface area (TPSA) is 73.2 Å². The van der Waals surface area contributed by atoms with Crippen molar-refractivity contribution in [1.29, 1.82) is 0 Å². The van der Waals surface area contributed by atoms with Gasteiger partial charge in [0.2, 0.25) is 0 Å². The Morgan fingerprint density at radius 3 is 2.33 bits per heavy atom. The Labute approximate surface area is 148 Å². The fraction of sp³-hybridized carbons (Fsp3) is 1.00. The maximum Gasteiger partial charge on any atom is 0.102 e. The molecule has 3 N–H and O–H groups in total. The summed E-state index contributed by atoms with van der Waals surface area (Å²) in [7, 11) is 2.00. The first-order valence-electron chi connectivity index (χ1n) is 9.87. The van der Waals surface area contributed by atoms with Gasteiger partial charge in [-0.05, 0) is 26.4 Å². The summed E-state index contributed by atoms with van der Waals surface area (Å²) in [4.78, 5) is 2.12. The van der Waals surface area contributed by atoms with Crippen LogP contribution in [0.2, 0.25) is 0 Å². The van der Waals surface area contributed by atoms with Gasteiger partial charge in [-0.15, -0.1) is 0 Å². The van der Waals surface area contributed by atoms with Gasteiger partial charge in [0.25, 0.3) is 0 Å². The fourth-order valence-corrected chi connectivity index (χ4v) is 3.58. The van der Waals surface area contributed by atoms with E-state index in [0.717, 1.165) is 32.2 Å². The van der Waals surface area contributed by atoms with Crippen LogP contribution in [-0.4, -0.2) is 70.9 Å². The van der Waals surface area contributed by atoms with Crippen molar-refractivity contribution in [3.8, 4) is 0 Å². The van der Waals surface area contributed by atoms with Gasteiger partial charge in [-0.1, -0.05) is 52.4 Å². The van der Waals surface area contributed by atoms with Crippen LogP contribution in [0.5, 0.6) is 0 Å². The van der Waals surface area contributed by atoms with Gasteiger partial charge >= 0.3 is 0 Å². The number of hydrogen-bond acceptors (Lipinski definition) is 5. The van der Waals surface area contributed by atoms with E-state index in [2.05, 4.69) is 18.7 Å². The second-order valence-corrected chi connectivity index (χ2v) is 7.35. The highest BCUT2D eigenvalue weighted by Gasteiger charge is 2.44. The first kappa shape index (κ1) is 21.8. The van der Waals surface area contributed by atoms with E-state index in [9.17, 15) is 15.3 Å². The number of likely N-dealkylation sites (N-methyl/N-ethyl adjacent to an activating group) is 1. The predicted molar refractivity (Wildman–Crippen MR) is 97.1 cm³/mol. The molecule has 1 fully saturated rings. The molecule has 0 radical (unpaired) electrons. The molecule has 0 aromatic heterocycles. The van der Waals surface area contributed by atoms with Gasteiger partial charge < -0.3 is 20.1 Å². The minimum atomic E-state index is -0.661. The summed E-state index contributed by atoms with van der Waals surface area (Å²) < 4.78 is 5.82. The van der Waals surface area contributed by atoms with Crippen LogP contribution in [0.25, 0.3) is 0 Å². The van der Waals surface area contributed by atoms with Gasteiger partial charge in [0, 0.05) is 6.42 Å². The van der Waals surface area contributed by atoms with Gasteiger partial charge in [-0.2, -0.15) is 0 Å². The monoisotopic (exact) mass is 345 g/mol. The molecule has 1 aliphatic carbocycles. The highest BCUT2D eigenvalue weighted by Crippen LogP contribution is 2.28. The summed E-state index contributed by atoms with van der Waals surface area (Å²) in [6, 6.07) is -0.190. The molecule has 1 saturated carbocycles. The molecule has 0 amide bonds. The third-order valence-corrected chi connectivity index (χ3v) is 5.09. The van der Waals surface area contributed by atoms with E-state index < -0.39 is 24.4 Å². The van der Waals surface area contributed by atoms with E-state index in [1.165, 1.54) is 25.7 Å². The number of aliphatic hydroxyl groups is 3. The van der Waals surface area contributed by atoms with Crippen molar-refractivity contribution in [2.24, 2.45) is 0 Å². The average Bonchev–Trinajstić information content (AvgIpc) is 2.84. The standard InChI is InChI=1S/C19H39NO4/c1-4-6-8-9-10-12-20(3)18-16(22)13-17(23)19(18)24-14-15(21)11-7-5-2/h15-19,21-23H,4-14H2,1-3H3/t15?,16-,17+,18+,19+/m0/s1. The average molecular weight is 346 g/mol. The van der Waals surface area contributed by atoms with Crippen molar-refractivity contribution < 1.29 is 20.1 Å². The molecule has 1 aliphatic rings. The smallest absolute Gasteiger partial charge is 0.102 e. The van der Waals surface area contributed by atoms with Gasteiger partial charge in [0.1, 0.15) is 6.10 Å². The predicted octanol–water partition coefficient (Wildman–Crippen LogP) is 2.32. The van der Waals surface area contributed by atoms with Crippen molar-refractivity contribution in [3.63, 3.8) is 0 Å². The lowest BCUT2D eigenvalue weighted by Gasteiger charge is -2.32. The van der Waals surface area contributed by atoms with Gasteiger partial charge in [0.15, 0.2) is 0 Å². The molecule has 1 unspecified atom stereocenters. The summed E-state index contributed by atoms with van der Waals surface area (Å²) >= 11 is 0. The highest BCUT2D eigenvalue weighted by molar-refractivity contribution is 4.98. The third-order valence-electron chi connectivity index (χ3n) is 5.09. The Morgan fingerprint density at radius 2 is 1.67 bits per heavy atom. The lowest BCUT2D eigenvalue weighted by Crippen LogP contribution is -2.48. The molecule has 5 nitrogen and oxygen atoms in total. The van der Waals surface area contributed by atoms with Gasteiger partial charge in [-0.25, -0.2) is 0 Å². The number of ether oxygens (including phenoxy) is 1. The molecule has 5 heteroatoms. The molecule has 0 aromatic carbocycles. The van der Waals surface area contributed by atoms with Crippen molar-refractivity contribution in [3.05, 3.63) is 0 Å². The maximum absolute atomic E-state index is 10.3. The summed E-state index contributed by atoms with van der Waals surface area (Å²) in [6.45, 7) is 5.43. The van der Waals surface area contributed by atoms with Crippen LogP contribution in [0.3, 0.4) is 0 Å². The first-order valence-corrected chi connectivity index (χ1v) is 9.87. The summed E-state index contributed by atoms with van der Waals surface area (Å²) in [5, 5.41) is 30.5. The summed E-state index contributed by atoms with van der Waals surface area (Å²) in [6.07, 6.45) is 7.01. The van der Waals surface area contributed by atoms with E-state index in [4.69, 9.17) is 4.74 Å². The van der Waals surface area contributed by atoms with Gasteiger partial charge in [0.05, 0.1) is 31.0 Å². The molecule has 1 rings (SSSR count). The minimum absolute atomic E-state index is 0.190. The maximum atomic E-state index is 10.3. The van der Waals surface area contributed by atoms with E-state index >= 15 is 0 Å². The van der Waals surface area contributed by atoms with Crippen LogP contribution in [-0.2, 0) is 4.74 Å². The molecule has 0 aliphatic heterocycles. The SMILES string of the molecule is CCCCCCCN(C)[C@H]1[C@H](OCC(O)CCCC)[C@H](O)C[C@@H]1O. The van der Waals surface area contributed by atoms with Crippen LogP contribution in [0.15, 0.2) is 0 Å². The summed E-state index contributed by atoms with van der Waals surface area (Å²) in [5.41, 5.74) is 0. The number of aliphatic hydroxyl groups excluding tert-OH is 3. The Bertz CT molecular complexity index is 316.